The number of fused-ring (bicyclic) bond motifs is 1. The van der Waals surface area contributed by atoms with Crippen molar-refractivity contribution in [1.29, 1.82) is 0 Å². The van der Waals surface area contributed by atoms with Crippen molar-refractivity contribution < 1.29 is 19.4 Å². The summed E-state index contributed by atoms with van der Waals surface area (Å²) < 4.78 is 1.13. The molecule has 2 aromatic rings. The molecule has 0 fully saturated rings. The van der Waals surface area contributed by atoms with E-state index in [-0.39, 0.29) is 35.7 Å². The third-order valence-electron chi connectivity index (χ3n) is 2.88. The van der Waals surface area contributed by atoms with Gasteiger partial charge in [-0.15, -0.1) is 0 Å². The van der Waals surface area contributed by atoms with Crippen LogP contribution in [0.2, 0.25) is 0 Å². The van der Waals surface area contributed by atoms with E-state index in [9.17, 15) is 15.2 Å². The number of aliphatic hydroxyl groups excluding tert-OH is 1. The molecule has 0 aliphatic carbocycles. The van der Waals surface area contributed by atoms with Crippen LogP contribution in [-0.2, 0) is 4.79 Å². The lowest BCUT2D eigenvalue weighted by molar-refractivity contribution is -0.624. The zero-order valence-corrected chi connectivity index (χ0v) is 10.3. The number of hydrogen-bond donors (Lipinski definition) is 1. The number of amides is 1. The summed E-state index contributed by atoms with van der Waals surface area (Å²) in [4.78, 5) is 12.0. The molecule has 2 rings (SSSR count). The average Bonchev–Trinajstić information content (AvgIpc) is 2.44. The highest BCUT2D eigenvalue weighted by atomic mass is 16.5. The summed E-state index contributed by atoms with van der Waals surface area (Å²) in [7, 11) is 0. The van der Waals surface area contributed by atoms with Gasteiger partial charge in [0.05, 0.1) is 6.61 Å². The average molecular weight is 263 g/mol. The molecular weight excluding hydrogens is 250 g/mol. The standard InChI is InChI=1S/C12H13N3O4/c1-9-12(13(8-17)6-7-16)15(19)11-5-3-2-4-10(11)14(9)18/h2-5,8,16H,6-7H2,1H3. The number of anilines is 1. The Morgan fingerprint density at radius 2 is 1.84 bits per heavy atom. The molecule has 0 spiro atoms. The van der Waals surface area contributed by atoms with E-state index in [1.165, 1.54) is 19.1 Å². The predicted molar refractivity (Wildman–Crippen MR) is 67.1 cm³/mol. The second kappa shape index (κ2) is 5.07. The number of carbonyl (C=O) groups is 1. The molecule has 100 valence electrons. The maximum atomic E-state index is 12.3. The van der Waals surface area contributed by atoms with Crippen molar-refractivity contribution in [3.63, 3.8) is 0 Å². The van der Waals surface area contributed by atoms with Crippen LogP contribution < -0.4 is 14.4 Å². The molecule has 0 aliphatic heterocycles. The number of benzene rings is 1. The molecule has 0 unspecified atom stereocenters. The minimum absolute atomic E-state index is 0.0507. The zero-order valence-electron chi connectivity index (χ0n) is 10.3. The molecule has 0 radical (unpaired) electrons. The van der Waals surface area contributed by atoms with E-state index in [2.05, 4.69) is 0 Å². The van der Waals surface area contributed by atoms with Crippen molar-refractivity contribution in [3.05, 3.63) is 40.4 Å². The molecule has 1 aromatic carbocycles. The zero-order chi connectivity index (χ0) is 14.0. The van der Waals surface area contributed by atoms with Crippen LogP contribution in [0.25, 0.3) is 11.0 Å². The van der Waals surface area contributed by atoms with Crippen molar-refractivity contribution in [2.24, 2.45) is 0 Å². The van der Waals surface area contributed by atoms with Crippen LogP contribution in [0.4, 0.5) is 5.82 Å². The van der Waals surface area contributed by atoms with Crippen LogP contribution in [0.15, 0.2) is 24.3 Å². The van der Waals surface area contributed by atoms with E-state index < -0.39 is 0 Å². The molecule has 1 aromatic heterocycles. The molecule has 7 heteroatoms. The van der Waals surface area contributed by atoms with Crippen LogP contribution in [0.1, 0.15) is 5.69 Å². The van der Waals surface area contributed by atoms with E-state index in [0.29, 0.717) is 15.9 Å². The molecule has 0 atom stereocenters. The summed E-state index contributed by atoms with van der Waals surface area (Å²) in [5, 5.41) is 33.2. The first-order valence-corrected chi connectivity index (χ1v) is 5.69. The molecule has 0 aliphatic rings. The topological polar surface area (TPSA) is 94.4 Å². The molecule has 1 heterocycles. The van der Waals surface area contributed by atoms with Crippen LogP contribution in [0, 0.1) is 17.3 Å². The first kappa shape index (κ1) is 13.0. The van der Waals surface area contributed by atoms with Crippen molar-refractivity contribution in [1.82, 2.24) is 0 Å². The molecule has 1 N–H and O–H groups in total. The van der Waals surface area contributed by atoms with Gasteiger partial charge in [0, 0.05) is 13.0 Å². The molecule has 0 bridgehead atoms. The lowest BCUT2D eigenvalue weighted by Crippen LogP contribution is -2.47. The van der Waals surface area contributed by atoms with Gasteiger partial charge in [-0.2, -0.15) is 9.63 Å². The maximum Gasteiger partial charge on any atom is 0.357 e. The van der Waals surface area contributed by atoms with Gasteiger partial charge in [-0.05, 0) is 6.07 Å². The SMILES string of the molecule is Cc1c(N(C=O)CCO)[n+]([O-])c2ccccc2[n+]1[O-]. The van der Waals surface area contributed by atoms with E-state index >= 15 is 0 Å². The van der Waals surface area contributed by atoms with Crippen molar-refractivity contribution in [3.8, 4) is 0 Å². The fourth-order valence-electron chi connectivity index (χ4n) is 1.98. The molecule has 7 nitrogen and oxygen atoms in total. The Balaban J connectivity index is 2.77. The van der Waals surface area contributed by atoms with Gasteiger partial charge in [0.25, 0.3) is 17.6 Å². The Morgan fingerprint density at radius 3 is 2.37 bits per heavy atom. The lowest BCUT2D eigenvalue weighted by atomic mass is 10.2. The van der Waals surface area contributed by atoms with Gasteiger partial charge in [0.2, 0.25) is 5.52 Å². The van der Waals surface area contributed by atoms with Gasteiger partial charge in [0.15, 0.2) is 0 Å². The molecular formula is C12H13N3O4. The van der Waals surface area contributed by atoms with Crippen molar-refractivity contribution in [2.75, 3.05) is 18.1 Å². The normalized spacial score (nSPS) is 10.6. The maximum absolute atomic E-state index is 12.3. The van der Waals surface area contributed by atoms with Gasteiger partial charge in [-0.1, -0.05) is 12.1 Å². The Morgan fingerprint density at radius 1 is 1.26 bits per heavy atom. The number of para-hydroxylation sites is 2. The smallest absolute Gasteiger partial charge is 0.357 e. The summed E-state index contributed by atoms with van der Waals surface area (Å²) in [5.41, 5.74) is 0.505. The van der Waals surface area contributed by atoms with Crippen LogP contribution >= 0.6 is 0 Å². The largest absolute Gasteiger partial charge is 0.710 e. The molecule has 0 saturated heterocycles. The Labute approximate surface area is 109 Å². The molecule has 19 heavy (non-hydrogen) atoms. The van der Waals surface area contributed by atoms with Gasteiger partial charge in [-0.3, -0.25) is 4.79 Å². The number of rotatable bonds is 4. The summed E-state index contributed by atoms with van der Waals surface area (Å²) in [5.74, 6) is -0.0715. The van der Waals surface area contributed by atoms with Crippen LogP contribution in [0.3, 0.4) is 0 Å². The van der Waals surface area contributed by atoms with E-state index in [1.54, 1.807) is 12.1 Å². The Bertz CT molecular complexity index is 630. The van der Waals surface area contributed by atoms with E-state index in [1.807, 2.05) is 0 Å². The highest BCUT2D eigenvalue weighted by Gasteiger charge is 2.28. The summed E-state index contributed by atoms with van der Waals surface area (Å²) in [6.07, 6.45) is 0.418. The summed E-state index contributed by atoms with van der Waals surface area (Å²) >= 11 is 0. The number of carbonyl (C=O) groups excluding carboxylic acids is 1. The highest BCUT2D eigenvalue weighted by Crippen LogP contribution is 2.15. The minimum atomic E-state index is -0.302. The highest BCUT2D eigenvalue weighted by molar-refractivity contribution is 5.75. The Kier molecular flexibility index (Phi) is 3.48. The first-order chi connectivity index (χ1) is 9.11. The number of aromatic nitrogens is 2. The summed E-state index contributed by atoms with van der Waals surface area (Å²) in [6.45, 7) is 1.10. The lowest BCUT2D eigenvalue weighted by Gasteiger charge is -2.17. The monoisotopic (exact) mass is 263 g/mol. The fourth-order valence-corrected chi connectivity index (χ4v) is 1.98. The van der Waals surface area contributed by atoms with Crippen molar-refractivity contribution >= 4 is 23.3 Å². The van der Waals surface area contributed by atoms with Crippen LogP contribution in [0.5, 0.6) is 0 Å². The third kappa shape index (κ3) is 2.04. The number of nitrogens with zero attached hydrogens (tertiary/aromatic N) is 3. The van der Waals surface area contributed by atoms with Gasteiger partial charge < -0.3 is 15.5 Å². The van der Waals surface area contributed by atoms with Gasteiger partial charge >= 0.3 is 5.82 Å². The molecule has 1 amide bonds. The summed E-state index contributed by atoms with van der Waals surface area (Å²) in [6, 6.07) is 6.32. The van der Waals surface area contributed by atoms with Gasteiger partial charge in [-0.25, -0.2) is 4.73 Å². The van der Waals surface area contributed by atoms with Gasteiger partial charge in [0.1, 0.15) is 6.54 Å². The predicted octanol–water partition coefficient (Wildman–Crippen LogP) is -0.630. The second-order valence-corrected chi connectivity index (χ2v) is 4.01. The minimum Gasteiger partial charge on any atom is -0.710 e. The molecule has 0 saturated carbocycles. The Hall–Kier alpha value is -2.41. The number of hydrogen-bond acceptors (Lipinski definition) is 4. The quantitative estimate of drug-likeness (QED) is 0.451. The van der Waals surface area contributed by atoms with Crippen molar-refractivity contribution in [2.45, 2.75) is 6.92 Å². The second-order valence-electron chi connectivity index (χ2n) is 4.01. The third-order valence-corrected chi connectivity index (χ3v) is 2.88. The van der Waals surface area contributed by atoms with E-state index in [4.69, 9.17) is 5.11 Å². The fraction of sp³-hybridized carbons (Fsp3) is 0.250. The number of aliphatic hydroxyl groups is 1. The van der Waals surface area contributed by atoms with Crippen LogP contribution in [-0.4, -0.2) is 24.7 Å². The first-order valence-electron chi connectivity index (χ1n) is 5.69. The van der Waals surface area contributed by atoms with E-state index in [0.717, 1.165) is 4.90 Å².